The molecule has 0 unspecified atom stereocenters. The van der Waals surface area contributed by atoms with E-state index in [1.807, 2.05) is 30.3 Å². The van der Waals surface area contributed by atoms with Gasteiger partial charge in [-0.05, 0) is 0 Å². The largest absolute Gasteiger partial charge is 0.358 e. The van der Waals surface area contributed by atoms with Gasteiger partial charge in [-0.15, -0.1) is 0 Å². The molecule has 0 atom stereocenters. The second kappa shape index (κ2) is 65.3. The molecule has 0 fully saturated rings. The minimum Gasteiger partial charge on any atom is -0.358 e. The van der Waals surface area contributed by atoms with Crippen LogP contribution < -0.4 is 0 Å². The molecule has 0 saturated carbocycles. The molecule has 1 rings (SSSR count). The third-order valence-corrected chi connectivity index (χ3v) is 0.556. The van der Waals surface area contributed by atoms with Gasteiger partial charge in [0.1, 0.15) is 0 Å². The van der Waals surface area contributed by atoms with Gasteiger partial charge in [-0.25, -0.2) is 12.1 Å². The molecule has 70 valence electrons. The van der Waals surface area contributed by atoms with Crippen molar-refractivity contribution >= 4 is 0 Å². The summed E-state index contributed by atoms with van der Waals surface area (Å²) in [5.74, 6) is 0. The van der Waals surface area contributed by atoms with Crippen molar-refractivity contribution in [1.29, 1.82) is 0 Å². The fraction of sp³-hybridized carbons (Fsp3) is 0. The van der Waals surface area contributed by atoms with Crippen LogP contribution in [0.3, 0.4) is 0 Å². The first-order valence-corrected chi connectivity index (χ1v) is 2.28. The van der Waals surface area contributed by atoms with Crippen molar-refractivity contribution in [2.75, 3.05) is 0 Å². The average molecular weight is 348 g/mol. The van der Waals surface area contributed by atoms with Crippen LogP contribution in [0.1, 0.15) is 0 Å². The van der Waals surface area contributed by atoms with E-state index >= 15 is 0 Å². The maximum absolute atomic E-state index is 7.50. The minimum atomic E-state index is 0. The molecule has 0 saturated heterocycles. The van der Waals surface area contributed by atoms with Gasteiger partial charge in [0.05, 0.1) is 0 Å². The van der Waals surface area contributed by atoms with E-state index in [2.05, 4.69) is 20.0 Å². The van der Waals surface area contributed by atoms with E-state index in [1.54, 1.807) is 0 Å². The van der Waals surface area contributed by atoms with Crippen LogP contribution in [0.4, 0.5) is 0 Å². The van der Waals surface area contributed by atoms with E-state index in [9.17, 15) is 0 Å². The van der Waals surface area contributed by atoms with Crippen molar-refractivity contribution in [1.82, 2.24) is 0 Å². The van der Waals surface area contributed by atoms with Crippen molar-refractivity contribution in [3.63, 3.8) is 0 Å². The zero-order valence-corrected chi connectivity index (χ0v) is 9.95. The Kier molecular flexibility index (Phi) is 148. The monoisotopic (exact) mass is 348 g/mol. The molecule has 1 aromatic rings. The molecule has 3 nitrogen and oxygen atoms in total. The van der Waals surface area contributed by atoms with Crippen LogP contribution in [-0.2, 0) is 35.0 Å². The summed E-state index contributed by atoms with van der Waals surface area (Å²) in [5, 5.41) is 0. The summed E-state index contributed by atoms with van der Waals surface area (Å²) in [6, 6.07) is 10.0. The average Bonchev–Trinajstić information content (AvgIpc) is 2.71. The Morgan fingerprint density at radius 2 is 1.00 bits per heavy atom. The molecule has 0 aliphatic rings. The number of hydrogen-bond acceptors (Lipinski definition) is 0. The molecule has 13 heavy (non-hydrogen) atoms. The van der Waals surface area contributed by atoms with Crippen LogP contribution in [0, 0.1) is 27.4 Å². The van der Waals surface area contributed by atoms with Crippen molar-refractivity contribution in [3.8, 4) is 0 Å². The first-order chi connectivity index (χ1) is 5.50. The molecule has 0 aliphatic carbocycles. The molecule has 0 bridgehead atoms. The predicted molar refractivity (Wildman–Crippen MR) is 40.2 cm³/mol. The van der Waals surface area contributed by atoms with Crippen LogP contribution in [0.5, 0.6) is 0 Å². The standard InChI is InChI=1S/C5H5.3CO.CH3.W/c1-2-4-5-3-1;3*1-2;;/h1-5H;;;;1H3;/q-1;;;;-1;. The zero-order valence-electron chi connectivity index (χ0n) is 7.02. The molecular weight excluding hydrogens is 340 g/mol. The van der Waals surface area contributed by atoms with Gasteiger partial charge in [-0.2, -0.15) is 18.2 Å². The van der Waals surface area contributed by atoms with Crippen molar-refractivity contribution in [2.24, 2.45) is 0 Å². The van der Waals surface area contributed by atoms with Gasteiger partial charge in [-0.3, -0.25) is 0 Å². The molecular formula is C9H8O3W-2. The number of rotatable bonds is 0. The third-order valence-electron chi connectivity index (χ3n) is 0.556. The van der Waals surface area contributed by atoms with Gasteiger partial charge in [0.15, 0.2) is 0 Å². The molecule has 0 aromatic heterocycles. The molecule has 4 heteroatoms. The van der Waals surface area contributed by atoms with Gasteiger partial charge in [0.2, 0.25) is 0 Å². The summed E-state index contributed by atoms with van der Waals surface area (Å²) in [5.41, 5.74) is 0. The normalized spacial score (nSPS) is 3.54. The molecule has 0 aliphatic heterocycles. The fourth-order valence-corrected chi connectivity index (χ4v) is 0.321. The molecule has 0 spiro atoms. The Balaban J connectivity index is -0.0000000239. The Hall–Kier alpha value is -0.742. The second-order valence-corrected chi connectivity index (χ2v) is 0.962. The summed E-state index contributed by atoms with van der Waals surface area (Å²) >= 11 is 0. The Labute approximate surface area is 92.9 Å². The molecule has 0 heterocycles. The van der Waals surface area contributed by atoms with Crippen LogP contribution in [0.2, 0.25) is 0 Å². The number of hydrogen-bond donors (Lipinski definition) is 0. The van der Waals surface area contributed by atoms with E-state index in [-0.39, 0.29) is 28.5 Å². The summed E-state index contributed by atoms with van der Waals surface area (Å²) in [4.78, 5) is 0. The molecule has 0 N–H and O–H groups in total. The van der Waals surface area contributed by atoms with Crippen LogP contribution >= 0.6 is 0 Å². The minimum absolute atomic E-state index is 0. The summed E-state index contributed by atoms with van der Waals surface area (Å²) < 4.78 is 22.5. The van der Waals surface area contributed by atoms with E-state index in [1.165, 1.54) is 0 Å². The quantitative estimate of drug-likeness (QED) is 0.507. The molecule has 0 amide bonds. The van der Waals surface area contributed by atoms with Crippen molar-refractivity contribution in [3.05, 3.63) is 57.7 Å². The van der Waals surface area contributed by atoms with E-state index < -0.39 is 0 Å². The Bertz CT molecular complexity index is 143. The zero-order chi connectivity index (χ0) is 9.54. The maximum atomic E-state index is 7.50. The topological polar surface area (TPSA) is 59.7 Å². The van der Waals surface area contributed by atoms with Crippen LogP contribution in [0.15, 0.2) is 30.3 Å². The molecule has 1 aromatic carbocycles. The molecule has 0 radical (unpaired) electrons. The Morgan fingerprint density at radius 3 is 1.08 bits per heavy atom. The predicted octanol–water partition coefficient (Wildman–Crippen LogP) is 1.74. The smallest absolute Gasteiger partial charge is 0 e. The Morgan fingerprint density at radius 1 is 0.769 bits per heavy atom. The summed E-state index contributed by atoms with van der Waals surface area (Å²) in [6.07, 6.45) is 0. The van der Waals surface area contributed by atoms with Crippen molar-refractivity contribution in [2.45, 2.75) is 0 Å². The second-order valence-electron chi connectivity index (χ2n) is 0.962. The van der Waals surface area contributed by atoms with Gasteiger partial charge in [0.25, 0.3) is 0 Å². The van der Waals surface area contributed by atoms with Crippen LogP contribution in [0.25, 0.3) is 0 Å². The first kappa shape index (κ1) is 29.5. The van der Waals surface area contributed by atoms with Gasteiger partial charge in [0, 0.05) is 21.1 Å². The van der Waals surface area contributed by atoms with E-state index in [0.29, 0.717) is 0 Å². The van der Waals surface area contributed by atoms with Gasteiger partial charge in [-0.1, -0.05) is 0 Å². The fourth-order valence-electron chi connectivity index (χ4n) is 0.321. The van der Waals surface area contributed by atoms with Gasteiger partial charge >= 0.3 is 33.9 Å². The van der Waals surface area contributed by atoms with E-state index in [4.69, 9.17) is 14.0 Å². The summed E-state index contributed by atoms with van der Waals surface area (Å²) in [6.45, 7) is 13.5. The van der Waals surface area contributed by atoms with Crippen LogP contribution in [-0.4, -0.2) is 0 Å². The van der Waals surface area contributed by atoms with Gasteiger partial charge < -0.3 is 7.43 Å². The SMILES string of the molecule is [C-]#[O+].[C-]#[O+].[C-]#[O+].[CH3-].[W].c1cc[cH-]c1. The first-order valence-electron chi connectivity index (χ1n) is 2.28. The summed E-state index contributed by atoms with van der Waals surface area (Å²) in [7, 11) is 0. The third kappa shape index (κ3) is 53.2. The van der Waals surface area contributed by atoms with Crippen molar-refractivity contribution < 1.29 is 35.0 Å². The van der Waals surface area contributed by atoms with E-state index in [0.717, 1.165) is 0 Å². The maximum Gasteiger partial charge on any atom is 0 e.